The van der Waals surface area contributed by atoms with Gasteiger partial charge >= 0.3 is 6.01 Å². The van der Waals surface area contributed by atoms with Crippen molar-refractivity contribution in [2.24, 2.45) is 0 Å². The van der Waals surface area contributed by atoms with Crippen molar-refractivity contribution in [2.75, 3.05) is 51.0 Å². The van der Waals surface area contributed by atoms with Gasteiger partial charge in [-0.15, -0.1) is 0 Å². The van der Waals surface area contributed by atoms with Gasteiger partial charge in [0.15, 0.2) is 5.82 Å². The molecule has 0 bridgehead atoms. The largest absolute Gasteiger partial charge is 0.467 e. The fourth-order valence-corrected chi connectivity index (χ4v) is 5.50. The number of hydrogen-bond acceptors (Lipinski definition) is 9. The Kier molecular flexibility index (Phi) is 7.34. The number of nitrogens with one attached hydrogen (secondary N) is 1. The Hall–Kier alpha value is -3.18. The summed E-state index contributed by atoms with van der Waals surface area (Å²) < 4.78 is 33.3. The number of ether oxygens (including phenoxy) is 1. The molecule has 11 heteroatoms. The SMILES string of the molecule is COc1nc(N(C)C2CCNC2)c2cnc(-c3nc(N)ccc3C)c(F)c2n1.FC1CC2CCCN2C1. The van der Waals surface area contributed by atoms with Crippen LogP contribution >= 0.6 is 0 Å². The molecule has 198 valence electrons. The molecule has 0 radical (unpaired) electrons. The number of hydrogen-bond donors (Lipinski definition) is 2. The van der Waals surface area contributed by atoms with Crippen molar-refractivity contribution in [1.29, 1.82) is 0 Å². The summed E-state index contributed by atoms with van der Waals surface area (Å²) in [6, 6.07) is 4.43. The number of rotatable bonds is 4. The van der Waals surface area contributed by atoms with Crippen molar-refractivity contribution in [3.05, 3.63) is 29.7 Å². The molecule has 6 rings (SSSR count). The van der Waals surface area contributed by atoms with E-state index in [1.807, 2.05) is 18.9 Å². The van der Waals surface area contributed by atoms with E-state index in [0.29, 0.717) is 35.3 Å². The van der Waals surface area contributed by atoms with Gasteiger partial charge in [0.2, 0.25) is 0 Å². The molecule has 0 amide bonds. The Morgan fingerprint density at radius 2 is 2.03 bits per heavy atom. The van der Waals surface area contributed by atoms with Crippen LogP contribution in [-0.4, -0.2) is 83.4 Å². The number of alkyl halides is 1. The maximum absolute atomic E-state index is 15.5. The lowest BCUT2D eigenvalue weighted by molar-refractivity contribution is 0.292. The van der Waals surface area contributed by atoms with E-state index in [-0.39, 0.29) is 23.3 Å². The second kappa shape index (κ2) is 10.7. The molecular formula is C26H34F2N8O. The average Bonchev–Trinajstić information content (AvgIpc) is 3.64. The third-order valence-corrected chi connectivity index (χ3v) is 7.54. The third-order valence-electron chi connectivity index (χ3n) is 7.54. The molecule has 9 nitrogen and oxygen atoms in total. The number of likely N-dealkylation sites (N-methyl/N-ethyl adjacent to an activating group) is 1. The second-order valence-corrected chi connectivity index (χ2v) is 10.0. The lowest BCUT2D eigenvalue weighted by atomic mass is 10.1. The van der Waals surface area contributed by atoms with E-state index in [4.69, 9.17) is 10.5 Å². The average molecular weight is 513 g/mol. The van der Waals surface area contributed by atoms with Crippen LogP contribution in [0.25, 0.3) is 22.3 Å². The highest BCUT2D eigenvalue weighted by Crippen LogP contribution is 2.33. The standard InChI is InChI=1S/C19H22FN7O.C7H12FN/c1-10-4-5-13(21)24-15(10)17-14(20)16-12(9-23-17)18(26-19(25-16)28-3)27(2)11-6-7-22-8-11;8-6-4-7-2-1-3-9(7)5-6/h4-5,9,11,22H,6-8H2,1-3H3,(H2,21,24);6-7H,1-5H2. The van der Waals surface area contributed by atoms with Gasteiger partial charge in [0.1, 0.15) is 29.0 Å². The van der Waals surface area contributed by atoms with E-state index in [2.05, 4.69) is 30.2 Å². The second-order valence-electron chi connectivity index (χ2n) is 10.0. The summed E-state index contributed by atoms with van der Waals surface area (Å²) >= 11 is 0. The van der Waals surface area contributed by atoms with Gasteiger partial charge in [0.05, 0.1) is 18.2 Å². The molecule has 3 fully saturated rings. The molecule has 3 aromatic heterocycles. The molecule has 0 aromatic carbocycles. The van der Waals surface area contributed by atoms with Crippen LogP contribution in [0.4, 0.5) is 20.4 Å². The first kappa shape index (κ1) is 25.5. The first-order valence-corrected chi connectivity index (χ1v) is 12.8. The normalized spacial score (nSPS) is 23.1. The summed E-state index contributed by atoms with van der Waals surface area (Å²) in [7, 11) is 3.40. The molecule has 0 spiro atoms. The number of fused-ring (bicyclic) bond motifs is 2. The van der Waals surface area contributed by atoms with Gasteiger partial charge in [-0.05, 0) is 57.3 Å². The zero-order valence-corrected chi connectivity index (χ0v) is 21.5. The van der Waals surface area contributed by atoms with Crippen LogP contribution in [0, 0.1) is 12.7 Å². The van der Waals surface area contributed by atoms with Crippen LogP contribution in [0.1, 0.15) is 31.2 Å². The number of aryl methyl sites for hydroxylation is 1. The molecule has 6 heterocycles. The van der Waals surface area contributed by atoms with Crippen LogP contribution < -0.4 is 20.7 Å². The fourth-order valence-electron chi connectivity index (χ4n) is 5.50. The number of anilines is 2. The summed E-state index contributed by atoms with van der Waals surface area (Å²) in [6.07, 6.45) is 5.38. The predicted octanol–water partition coefficient (Wildman–Crippen LogP) is 3.12. The molecule has 3 aromatic rings. The molecule has 3 aliphatic rings. The quantitative estimate of drug-likeness (QED) is 0.545. The lowest BCUT2D eigenvalue weighted by Crippen LogP contribution is -2.34. The van der Waals surface area contributed by atoms with Gasteiger partial charge in [-0.25, -0.2) is 13.8 Å². The molecule has 3 atom stereocenters. The van der Waals surface area contributed by atoms with E-state index in [1.165, 1.54) is 20.0 Å². The first-order valence-electron chi connectivity index (χ1n) is 12.8. The maximum atomic E-state index is 15.5. The minimum atomic E-state index is -0.571. The molecular weight excluding hydrogens is 478 g/mol. The van der Waals surface area contributed by atoms with Crippen molar-refractivity contribution >= 4 is 22.5 Å². The minimum Gasteiger partial charge on any atom is -0.467 e. The smallest absolute Gasteiger partial charge is 0.318 e. The molecule has 3 unspecified atom stereocenters. The van der Waals surface area contributed by atoms with E-state index in [9.17, 15) is 4.39 Å². The van der Waals surface area contributed by atoms with Gasteiger partial charge in [-0.3, -0.25) is 9.88 Å². The monoisotopic (exact) mass is 512 g/mol. The Morgan fingerprint density at radius 1 is 1.19 bits per heavy atom. The molecule has 3 N–H and O–H groups in total. The minimum absolute atomic E-state index is 0.105. The van der Waals surface area contributed by atoms with Crippen molar-refractivity contribution in [1.82, 2.24) is 30.2 Å². The van der Waals surface area contributed by atoms with Crippen molar-refractivity contribution in [3.63, 3.8) is 0 Å². The highest BCUT2D eigenvalue weighted by Gasteiger charge is 2.34. The lowest BCUT2D eigenvalue weighted by Gasteiger charge is -2.26. The molecule has 37 heavy (non-hydrogen) atoms. The summed E-state index contributed by atoms with van der Waals surface area (Å²) in [5.74, 6) is 0.320. The van der Waals surface area contributed by atoms with Crippen LogP contribution in [-0.2, 0) is 0 Å². The van der Waals surface area contributed by atoms with E-state index < -0.39 is 12.0 Å². The Morgan fingerprint density at radius 3 is 2.76 bits per heavy atom. The van der Waals surface area contributed by atoms with Crippen LogP contribution in [0.2, 0.25) is 0 Å². The van der Waals surface area contributed by atoms with E-state index >= 15 is 4.39 Å². The fraction of sp³-hybridized carbons (Fsp3) is 0.538. The van der Waals surface area contributed by atoms with Crippen molar-refractivity contribution in [3.8, 4) is 17.4 Å². The van der Waals surface area contributed by atoms with Crippen LogP contribution in [0.5, 0.6) is 6.01 Å². The highest BCUT2D eigenvalue weighted by atomic mass is 19.1. The number of halogens is 2. The molecule has 0 aliphatic carbocycles. The first-order chi connectivity index (χ1) is 17.9. The van der Waals surface area contributed by atoms with Crippen molar-refractivity contribution < 1.29 is 13.5 Å². The maximum Gasteiger partial charge on any atom is 0.318 e. The van der Waals surface area contributed by atoms with Crippen LogP contribution in [0.3, 0.4) is 0 Å². The van der Waals surface area contributed by atoms with Crippen molar-refractivity contribution in [2.45, 2.75) is 50.9 Å². The van der Waals surface area contributed by atoms with Gasteiger partial charge in [0, 0.05) is 38.4 Å². The highest BCUT2D eigenvalue weighted by molar-refractivity contribution is 5.92. The summed E-state index contributed by atoms with van der Waals surface area (Å²) in [6.45, 7) is 5.46. The number of nitrogens with zero attached hydrogens (tertiary/aromatic N) is 6. The van der Waals surface area contributed by atoms with Gasteiger partial charge in [-0.1, -0.05) is 6.07 Å². The van der Waals surface area contributed by atoms with E-state index in [1.54, 1.807) is 18.3 Å². The molecule has 3 aliphatic heterocycles. The predicted molar refractivity (Wildman–Crippen MR) is 140 cm³/mol. The molecule has 0 saturated carbocycles. The molecule has 3 saturated heterocycles. The third kappa shape index (κ3) is 5.15. The Labute approximate surface area is 215 Å². The number of nitrogens with two attached hydrogens (primary N) is 1. The van der Waals surface area contributed by atoms with Crippen LogP contribution in [0.15, 0.2) is 18.3 Å². The van der Waals surface area contributed by atoms with Gasteiger partial charge in [0.25, 0.3) is 0 Å². The number of pyridine rings is 2. The topological polar surface area (TPSA) is 105 Å². The van der Waals surface area contributed by atoms with Gasteiger partial charge in [-0.2, -0.15) is 9.97 Å². The summed E-state index contributed by atoms with van der Waals surface area (Å²) in [5, 5.41) is 3.85. The summed E-state index contributed by atoms with van der Waals surface area (Å²) in [5.41, 5.74) is 7.21. The summed E-state index contributed by atoms with van der Waals surface area (Å²) in [4.78, 5) is 21.6. The Balaban J connectivity index is 0.000000260. The zero-order chi connectivity index (χ0) is 26.1. The van der Waals surface area contributed by atoms with E-state index in [0.717, 1.165) is 38.0 Å². The Bertz CT molecular complexity index is 1260. The number of aromatic nitrogens is 4. The number of nitrogen functional groups attached to an aromatic ring is 1. The number of methoxy groups -OCH3 is 1. The van der Waals surface area contributed by atoms with Gasteiger partial charge < -0.3 is 20.7 Å². The zero-order valence-electron chi connectivity index (χ0n) is 21.5.